The van der Waals surface area contributed by atoms with Crippen LogP contribution in [0.25, 0.3) is 0 Å². The molecule has 1 aliphatic carbocycles. The molecule has 2 aliphatic rings. The van der Waals surface area contributed by atoms with Gasteiger partial charge in [0.15, 0.2) is 11.6 Å². The number of piperidine rings is 1. The third-order valence-electron chi connectivity index (χ3n) is 6.65. The molecule has 1 saturated carbocycles. The van der Waals surface area contributed by atoms with Crippen LogP contribution in [0, 0.1) is 5.41 Å². The second kappa shape index (κ2) is 12.7. The standard InChI is InChI=1S/C25H36N6O2.C2H6/c1-3-31(16-20-9-7-8-19(14-20)15-30-12-5-4-6-13-30)23-21(27-18-32)22(26)28-24(29-23)33-17-25(2)10-11-25;1-2/h7-9,14,18H,3-6,10-13,15-17H2,1-2H3,(H,27,32)(H2,26,28,29);1-2H3. The third kappa shape index (κ3) is 7.56. The lowest BCUT2D eigenvalue weighted by molar-refractivity contribution is -0.105. The van der Waals surface area contributed by atoms with Gasteiger partial charge in [-0.1, -0.05) is 51.5 Å². The lowest BCUT2D eigenvalue weighted by Gasteiger charge is -2.27. The maximum absolute atomic E-state index is 11.3. The highest BCUT2D eigenvalue weighted by molar-refractivity contribution is 5.86. The number of nitrogens with one attached hydrogen (secondary N) is 1. The van der Waals surface area contributed by atoms with E-state index >= 15 is 0 Å². The van der Waals surface area contributed by atoms with Crippen molar-refractivity contribution >= 4 is 23.7 Å². The molecular formula is C27H42N6O2. The first-order valence-corrected chi connectivity index (χ1v) is 13.1. The largest absolute Gasteiger partial charge is 0.463 e. The second-order valence-electron chi connectivity index (χ2n) is 9.62. The van der Waals surface area contributed by atoms with Gasteiger partial charge in [0.1, 0.15) is 5.69 Å². The van der Waals surface area contributed by atoms with Crippen LogP contribution in [0.5, 0.6) is 6.01 Å². The fourth-order valence-electron chi connectivity index (χ4n) is 4.29. The van der Waals surface area contributed by atoms with E-state index < -0.39 is 0 Å². The molecule has 192 valence electrons. The zero-order chi connectivity index (χ0) is 25.3. The summed E-state index contributed by atoms with van der Waals surface area (Å²) in [7, 11) is 0. The summed E-state index contributed by atoms with van der Waals surface area (Å²) in [4.78, 5) is 24.8. The summed E-state index contributed by atoms with van der Waals surface area (Å²) in [6.07, 6.45) is 6.82. The Morgan fingerprint density at radius 3 is 2.54 bits per heavy atom. The van der Waals surface area contributed by atoms with Crippen LogP contribution in [0.3, 0.4) is 0 Å². The smallest absolute Gasteiger partial charge is 0.320 e. The highest BCUT2D eigenvalue weighted by Gasteiger charge is 2.38. The van der Waals surface area contributed by atoms with E-state index in [1.165, 1.54) is 43.5 Å². The molecule has 0 bridgehead atoms. The van der Waals surface area contributed by atoms with Crippen LogP contribution >= 0.6 is 0 Å². The number of nitrogen functional groups attached to an aromatic ring is 1. The maximum Gasteiger partial charge on any atom is 0.320 e. The number of nitrogens with two attached hydrogens (primary N) is 1. The van der Waals surface area contributed by atoms with E-state index in [-0.39, 0.29) is 17.2 Å². The van der Waals surface area contributed by atoms with Gasteiger partial charge in [-0.2, -0.15) is 9.97 Å². The minimum atomic E-state index is 0.206. The molecule has 4 rings (SSSR count). The monoisotopic (exact) mass is 482 g/mol. The van der Waals surface area contributed by atoms with Crippen molar-refractivity contribution in [2.45, 2.75) is 72.9 Å². The molecule has 2 aromatic rings. The molecule has 1 aliphatic heterocycles. The molecule has 2 heterocycles. The first-order chi connectivity index (χ1) is 17.0. The van der Waals surface area contributed by atoms with E-state index in [4.69, 9.17) is 10.5 Å². The number of nitrogens with zero attached hydrogens (tertiary/aromatic N) is 4. The van der Waals surface area contributed by atoms with Crippen molar-refractivity contribution in [3.8, 4) is 6.01 Å². The molecular weight excluding hydrogens is 440 g/mol. The second-order valence-corrected chi connectivity index (χ2v) is 9.62. The topological polar surface area (TPSA) is 96.6 Å². The number of benzene rings is 1. The van der Waals surface area contributed by atoms with Gasteiger partial charge in [-0.3, -0.25) is 9.69 Å². The van der Waals surface area contributed by atoms with Crippen LogP contribution in [0.15, 0.2) is 24.3 Å². The summed E-state index contributed by atoms with van der Waals surface area (Å²) in [6.45, 7) is 13.5. The van der Waals surface area contributed by atoms with E-state index in [0.717, 1.165) is 19.4 Å². The van der Waals surface area contributed by atoms with Gasteiger partial charge >= 0.3 is 6.01 Å². The van der Waals surface area contributed by atoms with Crippen molar-refractivity contribution in [1.82, 2.24) is 14.9 Å². The van der Waals surface area contributed by atoms with Gasteiger partial charge in [0.05, 0.1) is 6.61 Å². The van der Waals surface area contributed by atoms with Crippen molar-refractivity contribution < 1.29 is 9.53 Å². The molecule has 0 radical (unpaired) electrons. The van der Waals surface area contributed by atoms with Gasteiger partial charge in [-0.15, -0.1) is 0 Å². The number of amides is 1. The number of anilines is 3. The number of hydrogen-bond acceptors (Lipinski definition) is 7. The summed E-state index contributed by atoms with van der Waals surface area (Å²) in [5.41, 5.74) is 9.32. The zero-order valence-electron chi connectivity index (χ0n) is 21.8. The summed E-state index contributed by atoms with van der Waals surface area (Å²) >= 11 is 0. The van der Waals surface area contributed by atoms with Crippen molar-refractivity contribution in [3.05, 3.63) is 35.4 Å². The normalized spacial score (nSPS) is 16.6. The number of ether oxygens (including phenoxy) is 1. The Morgan fingerprint density at radius 2 is 1.89 bits per heavy atom. The summed E-state index contributed by atoms with van der Waals surface area (Å²) in [6, 6.07) is 8.96. The molecule has 1 saturated heterocycles. The van der Waals surface area contributed by atoms with Crippen molar-refractivity contribution in [3.63, 3.8) is 0 Å². The Morgan fingerprint density at radius 1 is 1.17 bits per heavy atom. The van der Waals surface area contributed by atoms with Gasteiger partial charge < -0.3 is 20.7 Å². The summed E-state index contributed by atoms with van der Waals surface area (Å²) < 4.78 is 5.89. The zero-order valence-corrected chi connectivity index (χ0v) is 21.8. The number of hydrogen-bond donors (Lipinski definition) is 2. The van der Waals surface area contributed by atoms with E-state index in [0.29, 0.717) is 37.6 Å². The van der Waals surface area contributed by atoms with Crippen LogP contribution in [0.4, 0.5) is 17.3 Å². The molecule has 1 amide bonds. The van der Waals surface area contributed by atoms with Crippen LogP contribution in [-0.2, 0) is 17.9 Å². The Balaban J connectivity index is 0.00000167. The van der Waals surface area contributed by atoms with Gasteiger partial charge in [0.2, 0.25) is 6.41 Å². The quantitative estimate of drug-likeness (QED) is 0.442. The predicted octanol–water partition coefficient (Wildman–Crippen LogP) is 4.84. The maximum atomic E-state index is 11.3. The van der Waals surface area contributed by atoms with Gasteiger partial charge in [-0.25, -0.2) is 0 Å². The van der Waals surface area contributed by atoms with Crippen molar-refractivity contribution in [2.75, 3.05) is 42.2 Å². The summed E-state index contributed by atoms with van der Waals surface area (Å²) in [5, 5.41) is 2.69. The van der Waals surface area contributed by atoms with E-state index in [9.17, 15) is 4.79 Å². The number of carbonyl (C=O) groups is 1. The van der Waals surface area contributed by atoms with Gasteiger partial charge in [0.25, 0.3) is 0 Å². The minimum Gasteiger partial charge on any atom is -0.463 e. The fourth-order valence-corrected chi connectivity index (χ4v) is 4.29. The molecule has 8 heteroatoms. The molecule has 2 fully saturated rings. The average molecular weight is 483 g/mol. The highest BCUT2D eigenvalue weighted by atomic mass is 16.5. The molecule has 8 nitrogen and oxygen atoms in total. The third-order valence-corrected chi connectivity index (χ3v) is 6.65. The van der Waals surface area contributed by atoms with Crippen LogP contribution in [0.1, 0.15) is 70.9 Å². The molecule has 0 unspecified atom stereocenters. The van der Waals surface area contributed by atoms with Crippen LogP contribution < -0.4 is 20.7 Å². The lowest BCUT2D eigenvalue weighted by atomic mass is 10.1. The number of aromatic nitrogens is 2. The molecule has 3 N–H and O–H groups in total. The SMILES string of the molecule is CC.CCN(Cc1cccc(CN2CCCCC2)c1)c1nc(OCC2(C)CC2)nc(N)c1NC=O. The van der Waals surface area contributed by atoms with Crippen molar-refractivity contribution in [2.24, 2.45) is 5.41 Å². The average Bonchev–Trinajstić information content (AvgIpc) is 3.62. The molecule has 0 atom stereocenters. The van der Waals surface area contributed by atoms with Crippen LogP contribution in [0.2, 0.25) is 0 Å². The fraction of sp³-hybridized carbons (Fsp3) is 0.593. The molecule has 1 aromatic carbocycles. The highest BCUT2D eigenvalue weighted by Crippen LogP contribution is 2.45. The van der Waals surface area contributed by atoms with Gasteiger partial charge in [-0.05, 0) is 56.8 Å². The Bertz CT molecular complexity index is 957. The Hall–Kier alpha value is -2.87. The first-order valence-electron chi connectivity index (χ1n) is 13.1. The molecule has 35 heavy (non-hydrogen) atoms. The number of rotatable bonds is 11. The van der Waals surface area contributed by atoms with Gasteiger partial charge in [0, 0.05) is 25.0 Å². The number of likely N-dealkylation sites (tertiary alicyclic amines) is 1. The molecule has 0 spiro atoms. The van der Waals surface area contributed by atoms with E-state index in [1.54, 1.807) is 0 Å². The lowest BCUT2D eigenvalue weighted by Crippen LogP contribution is -2.29. The minimum absolute atomic E-state index is 0.206. The summed E-state index contributed by atoms with van der Waals surface area (Å²) in [5.74, 6) is 0.787. The number of carbonyl (C=O) groups excluding carboxylic acids is 1. The Labute approximate surface area is 210 Å². The van der Waals surface area contributed by atoms with E-state index in [1.807, 2.05) is 13.8 Å². The molecule has 1 aromatic heterocycles. The Kier molecular flexibility index (Phi) is 9.72. The van der Waals surface area contributed by atoms with Crippen molar-refractivity contribution in [1.29, 1.82) is 0 Å². The van der Waals surface area contributed by atoms with E-state index in [2.05, 4.69) is 63.2 Å². The predicted molar refractivity (Wildman–Crippen MR) is 143 cm³/mol. The van der Waals surface area contributed by atoms with Crippen LogP contribution in [-0.4, -0.2) is 47.5 Å². The first kappa shape index (κ1) is 26.7.